The van der Waals surface area contributed by atoms with Crippen molar-refractivity contribution in [1.82, 2.24) is 14.9 Å². The number of nitrogens with zero attached hydrogens (tertiary/aromatic N) is 2. The summed E-state index contributed by atoms with van der Waals surface area (Å²) in [6.45, 7) is 3.53. The average molecular weight is 283 g/mol. The first-order valence-corrected chi connectivity index (χ1v) is 6.80. The van der Waals surface area contributed by atoms with Crippen LogP contribution in [0.25, 0.3) is 6.08 Å². The Morgan fingerprint density at radius 1 is 1.38 bits per heavy atom. The van der Waals surface area contributed by atoms with Crippen molar-refractivity contribution in [3.63, 3.8) is 0 Å². The lowest BCUT2D eigenvalue weighted by molar-refractivity contribution is 0.0600. The third kappa shape index (κ3) is 2.81. The van der Waals surface area contributed by atoms with Gasteiger partial charge in [-0.3, -0.25) is 0 Å². The van der Waals surface area contributed by atoms with Gasteiger partial charge in [0.05, 0.1) is 30.6 Å². The fraction of sp³-hybridized carbons (Fsp3) is 0.250. The van der Waals surface area contributed by atoms with Gasteiger partial charge >= 0.3 is 5.97 Å². The third-order valence-corrected chi connectivity index (χ3v) is 3.49. The van der Waals surface area contributed by atoms with Crippen LogP contribution in [0.4, 0.5) is 0 Å². The van der Waals surface area contributed by atoms with E-state index in [2.05, 4.69) is 21.1 Å². The maximum atomic E-state index is 11.4. The van der Waals surface area contributed by atoms with E-state index in [4.69, 9.17) is 4.74 Å². The maximum Gasteiger partial charge on any atom is 0.337 e. The van der Waals surface area contributed by atoms with Gasteiger partial charge in [0.25, 0.3) is 0 Å². The number of aromatic nitrogens is 2. The predicted octanol–water partition coefficient (Wildman–Crippen LogP) is 2.49. The van der Waals surface area contributed by atoms with Gasteiger partial charge in [-0.2, -0.15) is 0 Å². The topological polar surface area (TPSA) is 58.2 Å². The Labute approximate surface area is 123 Å². The second kappa shape index (κ2) is 5.44. The standard InChI is InChI=1S/C16H17N3O2/c1-11-17-14-7-8-19(10-15(14)18-11)9-12-3-5-13(6-4-12)16(20)21-2/h3-8H,9-10H2,1-2H3,(H,17,18). The molecule has 1 aliphatic heterocycles. The molecule has 21 heavy (non-hydrogen) atoms. The van der Waals surface area contributed by atoms with Crippen molar-refractivity contribution in [2.24, 2.45) is 0 Å². The summed E-state index contributed by atoms with van der Waals surface area (Å²) < 4.78 is 4.70. The molecule has 108 valence electrons. The first-order chi connectivity index (χ1) is 10.2. The molecule has 0 atom stereocenters. The Hall–Kier alpha value is -2.56. The number of esters is 1. The molecule has 1 aromatic heterocycles. The number of aryl methyl sites for hydroxylation is 1. The van der Waals surface area contributed by atoms with Crippen molar-refractivity contribution in [1.29, 1.82) is 0 Å². The van der Waals surface area contributed by atoms with Gasteiger partial charge in [0.1, 0.15) is 5.82 Å². The summed E-state index contributed by atoms with van der Waals surface area (Å²) in [4.78, 5) is 21.3. The highest BCUT2D eigenvalue weighted by Crippen LogP contribution is 2.19. The van der Waals surface area contributed by atoms with Crippen LogP contribution >= 0.6 is 0 Å². The fourth-order valence-corrected chi connectivity index (χ4v) is 2.45. The zero-order valence-electron chi connectivity index (χ0n) is 12.1. The van der Waals surface area contributed by atoms with Crippen molar-refractivity contribution < 1.29 is 9.53 Å². The lowest BCUT2D eigenvalue weighted by atomic mass is 10.1. The molecule has 0 unspecified atom stereocenters. The molecule has 0 fully saturated rings. The lowest BCUT2D eigenvalue weighted by Crippen LogP contribution is -2.19. The van der Waals surface area contributed by atoms with E-state index in [0.29, 0.717) is 5.56 Å². The number of imidazole rings is 1. The molecule has 0 bridgehead atoms. The maximum absolute atomic E-state index is 11.4. The van der Waals surface area contributed by atoms with Crippen LogP contribution in [-0.4, -0.2) is 27.9 Å². The predicted molar refractivity (Wildman–Crippen MR) is 79.4 cm³/mol. The molecule has 0 spiro atoms. The van der Waals surface area contributed by atoms with Crippen molar-refractivity contribution >= 4 is 12.0 Å². The van der Waals surface area contributed by atoms with Crippen LogP contribution in [0.1, 0.15) is 33.1 Å². The molecular formula is C16H17N3O2. The summed E-state index contributed by atoms with van der Waals surface area (Å²) in [6, 6.07) is 7.48. The van der Waals surface area contributed by atoms with Crippen LogP contribution in [0, 0.1) is 6.92 Å². The second-order valence-corrected chi connectivity index (χ2v) is 5.09. The number of methoxy groups -OCH3 is 1. The SMILES string of the molecule is COC(=O)c1ccc(CN2C=Cc3[nH]c(C)nc3C2)cc1. The highest BCUT2D eigenvalue weighted by molar-refractivity contribution is 5.89. The largest absolute Gasteiger partial charge is 0.465 e. The number of carbonyl (C=O) groups is 1. The molecular weight excluding hydrogens is 266 g/mol. The summed E-state index contributed by atoms with van der Waals surface area (Å²) >= 11 is 0. The van der Waals surface area contributed by atoms with E-state index in [0.717, 1.165) is 35.9 Å². The highest BCUT2D eigenvalue weighted by Gasteiger charge is 2.14. The van der Waals surface area contributed by atoms with Gasteiger partial charge in [0.2, 0.25) is 0 Å². The molecule has 0 saturated carbocycles. The number of rotatable bonds is 3. The normalized spacial score (nSPS) is 13.1. The molecule has 2 heterocycles. The number of H-pyrrole nitrogens is 1. The van der Waals surface area contributed by atoms with Gasteiger partial charge < -0.3 is 14.6 Å². The Morgan fingerprint density at radius 2 is 2.14 bits per heavy atom. The molecule has 1 N–H and O–H groups in total. The number of fused-ring (bicyclic) bond motifs is 1. The summed E-state index contributed by atoms with van der Waals surface area (Å²) in [5.74, 6) is 0.630. The molecule has 1 aromatic carbocycles. The monoisotopic (exact) mass is 283 g/mol. The number of ether oxygens (including phenoxy) is 1. The molecule has 0 amide bonds. The van der Waals surface area contributed by atoms with Crippen LogP contribution in [-0.2, 0) is 17.8 Å². The molecule has 0 aliphatic carbocycles. The number of nitrogens with one attached hydrogen (secondary N) is 1. The van der Waals surface area contributed by atoms with E-state index in [9.17, 15) is 4.79 Å². The van der Waals surface area contributed by atoms with Crippen LogP contribution in [0.15, 0.2) is 30.5 Å². The third-order valence-electron chi connectivity index (χ3n) is 3.49. The molecule has 0 radical (unpaired) electrons. The Balaban J connectivity index is 1.69. The number of benzene rings is 1. The van der Waals surface area contributed by atoms with Crippen LogP contribution < -0.4 is 0 Å². The van der Waals surface area contributed by atoms with E-state index in [1.165, 1.54) is 7.11 Å². The van der Waals surface area contributed by atoms with E-state index in [-0.39, 0.29) is 5.97 Å². The van der Waals surface area contributed by atoms with Gasteiger partial charge in [-0.1, -0.05) is 12.1 Å². The van der Waals surface area contributed by atoms with Crippen molar-refractivity contribution in [3.8, 4) is 0 Å². The quantitative estimate of drug-likeness (QED) is 0.879. The van der Waals surface area contributed by atoms with E-state index in [1.807, 2.05) is 25.1 Å². The minimum absolute atomic E-state index is 0.309. The van der Waals surface area contributed by atoms with Crippen molar-refractivity contribution in [2.75, 3.05) is 7.11 Å². The van der Waals surface area contributed by atoms with E-state index < -0.39 is 0 Å². The van der Waals surface area contributed by atoms with Crippen LogP contribution in [0.2, 0.25) is 0 Å². The Kier molecular flexibility index (Phi) is 3.48. The zero-order valence-corrected chi connectivity index (χ0v) is 12.1. The minimum Gasteiger partial charge on any atom is -0.465 e. The van der Waals surface area contributed by atoms with Crippen molar-refractivity contribution in [2.45, 2.75) is 20.0 Å². The molecule has 0 saturated heterocycles. The number of hydrogen-bond donors (Lipinski definition) is 1. The van der Waals surface area contributed by atoms with Gasteiger partial charge in [-0.25, -0.2) is 9.78 Å². The Bertz CT molecular complexity index is 686. The number of carbonyl (C=O) groups excluding carboxylic acids is 1. The fourth-order valence-electron chi connectivity index (χ4n) is 2.45. The molecule has 2 aromatic rings. The van der Waals surface area contributed by atoms with E-state index >= 15 is 0 Å². The van der Waals surface area contributed by atoms with Gasteiger partial charge in [-0.15, -0.1) is 0 Å². The first kappa shape index (κ1) is 13.4. The molecule has 5 heteroatoms. The summed E-state index contributed by atoms with van der Waals surface area (Å²) in [6.07, 6.45) is 4.11. The lowest BCUT2D eigenvalue weighted by Gasteiger charge is -2.22. The molecule has 1 aliphatic rings. The van der Waals surface area contributed by atoms with Crippen LogP contribution in [0.5, 0.6) is 0 Å². The zero-order chi connectivity index (χ0) is 14.8. The van der Waals surface area contributed by atoms with Gasteiger partial charge in [0, 0.05) is 12.7 Å². The highest BCUT2D eigenvalue weighted by atomic mass is 16.5. The van der Waals surface area contributed by atoms with Gasteiger partial charge in [0.15, 0.2) is 0 Å². The number of hydrogen-bond acceptors (Lipinski definition) is 4. The summed E-state index contributed by atoms with van der Waals surface area (Å²) in [7, 11) is 1.39. The molecule has 5 nitrogen and oxygen atoms in total. The van der Waals surface area contributed by atoms with E-state index in [1.54, 1.807) is 12.1 Å². The van der Waals surface area contributed by atoms with Crippen LogP contribution in [0.3, 0.4) is 0 Å². The van der Waals surface area contributed by atoms with Crippen molar-refractivity contribution in [3.05, 3.63) is 58.8 Å². The average Bonchev–Trinajstić information content (AvgIpc) is 2.86. The summed E-state index contributed by atoms with van der Waals surface area (Å²) in [5.41, 5.74) is 3.87. The Morgan fingerprint density at radius 3 is 2.86 bits per heavy atom. The van der Waals surface area contributed by atoms with Gasteiger partial charge in [-0.05, 0) is 30.7 Å². The second-order valence-electron chi connectivity index (χ2n) is 5.09. The molecule has 3 rings (SSSR count). The first-order valence-electron chi connectivity index (χ1n) is 6.80. The summed E-state index contributed by atoms with van der Waals surface area (Å²) in [5, 5.41) is 0. The minimum atomic E-state index is -0.309. The smallest absolute Gasteiger partial charge is 0.337 e. The number of aromatic amines is 1.